The summed E-state index contributed by atoms with van der Waals surface area (Å²) >= 11 is 0. The van der Waals surface area contributed by atoms with E-state index >= 15 is 0 Å². The maximum absolute atomic E-state index is 12.0. The number of allylic oxidation sites excluding steroid dienone is 1. The van der Waals surface area contributed by atoms with Gasteiger partial charge in [0.2, 0.25) is 0 Å². The lowest BCUT2D eigenvalue weighted by atomic mass is 10.1. The van der Waals surface area contributed by atoms with Crippen LogP contribution in [0, 0.1) is 5.92 Å². The van der Waals surface area contributed by atoms with Crippen LogP contribution in [0.25, 0.3) is 17.1 Å². The Balaban J connectivity index is 0.000000647. The van der Waals surface area contributed by atoms with Crippen molar-refractivity contribution < 1.29 is 14.6 Å². The number of H-pyrrole nitrogens is 1. The van der Waals surface area contributed by atoms with E-state index in [1.807, 2.05) is 18.2 Å². The van der Waals surface area contributed by atoms with Crippen LogP contribution in [0.3, 0.4) is 0 Å². The smallest absolute Gasteiger partial charge is 0.290 e. The van der Waals surface area contributed by atoms with E-state index < -0.39 is 0 Å². The number of hydrogen-bond donors (Lipinski definition) is 2. The standard InChI is InChI=1S/C17H20N2O2.CH2O2/c1-21-13-9-10-14-16(11-13)19-17(20)15(18-14)6-4-2-3-5-12-7-8-12;2-1-3/h4,6,9-12H,2-3,5,7-8H2,1H3,(H,19,20);1H,(H,2,3)/b6-4+;. The van der Waals surface area contributed by atoms with Crippen LogP contribution in [0.2, 0.25) is 0 Å². The number of hydrogen-bond acceptors (Lipinski definition) is 4. The number of carboxylic acid groups (broad SMARTS) is 1. The van der Waals surface area contributed by atoms with Gasteiger partial charge in [-0.3, -0.25) is 9.59 Å². The number of methoxy groups -OCH3 is 1. The van der Waals surface area contributed by atoms with Gasteiger partial charge in [-0.25, -0.2) is 4.98 Å². The molecule has 0 aliphatic heterocycles. The first-order chi connectivity index (χ1) is 11.7. The van der Waals surface area contributed by atoms with E-state index in [2.05, 4.69) is 16.0 Å². The summed E-state index contributed by atoms with van der Waals surface area (Å²) in [5, 5.41) is 6.89. The van der Waals surface area contributed by atoms with Crippen molar-refractivity contribution in [3.05, 3.63) is 40.3 Å². The van der Waals surface area contributed by atoms with Crippen molar-refractivity contribution in [1.82, 2.24) is 9.97 Å². The Labute approximate surface area is 140 Å². The van der Waals surface area contributed by atoms with Gasteiger partial charge in [-0.2, -0.15) is 0 Å². The topological polar surface area (TPSA) is 92.3 Å². The monoisotopic (exact) mass is 330 g/mol. The minimum absolute atomic E-state index is 0.158. The van der Waals surface area contributed by atoms with Crippen molar-refractivity contribution in [2.75, 3.05) is 7.11 Å². The molecule has 1 saturated carbocycles. The number of carbonyl (C=O) groups is 1. The number of ether oxygens (including phenoxy) is 1. The molecule has 0 spiro atoms. The molecule has 1 fully saturated rings. The Morgan fingerprint density at radius 3 is 2.83 bits per heavy atom. The first-order valence-electron chi connectivity index (χ1n) is 8.00. The fourth-order valence-electron chi connectivity index (χ4n) is 2.45. The molecule has 0 unspecified atom stereocenters. The number of rotatable bonds is 6. The molecule has 1 aliphatic rings. The van der Waals surface area contributed by atoms with E-state index in [1.165, 1.54) is 25.7 Å². The van der Waals surface area contributed by atoms with Gasteiger partial charge < -0.3 is 14.8 Å². The minimum Gasteiger partial charge on any atom is -0.497 e. The van der Waals surface area contributed by atoms with Crippen molar-refractivity contribution in [2.24, 2.45) is 5.92 Å². The molecule has 2 aromatic rings. The quantitative estimate of drug-likeness (QED) is 0.626. The first-order valence-corrected chi connectivity index (χ1v) is 8.00. The number of aromatic amines is 1. The molecule has 24 heavy (non-hydrogen) atoms. The van der Waals surface area contributed by atoms with Crippen LogP contribution < -0.4 is 10.3 Å². The highest BCUT2D eigenvalue weighted by molar-refractivity contribution is 5.76. The van der Waals surface area contributed by atoms with Crippen LogP contribution in [-0.4, -0.2) is 28.7 Å². The Morgan fingerprint density at radius 1 is 1.42 bits per heavy atom. The van der Waals surface area contributed by atoms with Crippen molar-refractivity contribution in [1.29, 1.82) is 0 Å². The summed E-state index contributed by atoms with van der Waals surface area (Å²) in [6, 6.07) is 5.48. The normalized spacial score (nSPS) is 13.5. The molecule has 6 nitrogen and oxygen atoms in total. The van der Waals surface area contributed by atoms with Crippen molar-refractivity contribution in [3.63, 3.8) is 0 Å². The molecule has 3 rings (SSSR count). The molecule has 0 amide bonds. The Hall–Kier alpha value is -2.63. The second-order valence-corrected chi connectivity index (χ2v) is 5.72. The van der Waals surface area contributed by atoms with Crippen LogP contribution in [-0.2, 0) is 4.79 Å². The number of benzene rings is 1. The lowest BCUT2D eigenvalue weighted by Crippen LogP contribution is -2.11. The van der Waals surface area contributed by atoms with E-state index in [-0.39, 0.29) is 12.0 Å². The van der Waals surface area contributed by atoms with E-state index in [0.29, 0.717) is 17.0 Å². The largest absolute Gasteiger partial charge is 0.497 e. The zero-order valence-electron chi connectivity index (χ0n) is 13.7. The molecule has 0 atom stereocenters. The van der Waals surface area contributed by atoms with E-state index in [1.54, 1.807) is 13.2 Å². The molecular weight excluding hydrogens is 308 g/mol. The van der Waals surface area contributed by atoms with Crippen molar-refractivity contribution in [2.45, 2.75) is 32.1 Å². The van der Waals surface area contributed by atoms with Gasteiger partial charge in [0.05, 0.1) is 18.1 Å². The van der Waals surface area contributed by atoms with Crippen LogP contribution in [0.4, 0.5) is 0 Å². The highest BCUT2D eigenvalue weighted by Gasteiger charge is 2.19. The maximum atomic E-state index is 12.0. The van der Waals surface area contributed by atoms with Crippen LogP contribution in [0.5, 0.6) is 5.75 Å². The van der Waals surface area contributed by atoms with Gasteiger partial charge in [-0.1, -0.05) is 25.3 Å². The molecule has 6 heteroatoms. The number of unbranched alkanes of at least 4 members (excludes halogenated alkanes) is 1. The van der Waals surface area contributed by atoms with Gasteiger partial charge in [-0.05, 0) is 37.0 Å². The zero-order chi connectivity index (χ0) is 17.4. The van der Waals surface area contributed by atoms with Crippen LogP contribution >= 0.6 is 0 Å². The molecule has 1 heterocycles. The van der Waals surface area contributed by atoms with Crippen LogP contribution in [0.15, 0.2) is 29.1 Å². The summed E-state index contributed by atoms with van der Waals surface area (Å²) in [6.45, 7) is -0.250. The van der Waals surface area contributed by atoms with E-state index in [4.69, 9.17) is 14.6 Å². The molecule has 1 aromatic carbocycles. The average Bonchev–Trinajstić information content (AvgIpc) is 3.39. The third-order valence-electron chi connectivity index (χ3n) is 3.88. The summed E-state index contributed by atoms with van der Waals surface area (Å²) in [4.78, 5) is 27.6. The summed E-state index contributed by atoms with van der Waals surface area (Å²) in [5.74, 6) is 1.68. The third-order valence-corrected chi connectivity index (χ3v) is 3.88. The molecule has 1 aromatic heterocycles. The lowest BCUT2D eigenvalue weighted by molar-refractivity contribution is -0.122. The molecular formula is C18H22N2O4. The predicted octanol–water partition coefficient (Wildman–Crippen LogP) is 3.23. The fourth-order valence-corrected chi connectivity index (χ4v) is 2.45. The summed E-state index contributed by atoms with van der Waals surface area (Å²) < 4.78 is 5.14. The van der Waals surface area contributed by atoms with Crippen LogP contribution in [0.1, 0.15) is 37.8 Å². The van der Waals surface area contributed by atoms with Gasteiger partial charge in [-0.15, -0.1) is 0 Å². The third kappa shape index (κ3) is 5.22. The summed E-state index contributed by atoms with van der Waals surface area (Å²) in [5.41, 5.74) is 1.78. The van der Waals surface area contributed by atoms with Crippen molar-refractivity contribution >= 4 is 23.6 Å². The highest BCUT2D eigenvalue weighted by atomic mass is 16.5. The van der Waals surface area contributed by atoms with Gasteiger partial charge in [0.15, 0.2) is 0 Å². The second kappa shape index (κ2) is 8.86. The van der Waals surface area contributed by atoms with E-state index in [9.17, 15) is 4.79 Å². The number of nitrogens with zero attached hydrogens (tertiary/aromatic N) is 1. The SMILES string of the molecule is COc1ccc2nc(/C=C/CCCC3CC3)c(=O)[nH]c2c1.O=CO. The Kier molecular flexibility index (Phi) is 6.54. The Morgan fingerprint density at radius 2 is 2.17 bits per heavy atom. The highest BCUT2D eigenvalue weighted by Crippen LogP contribution is 2.33. The van der Waals surface area contributed by atoms with E-state index in [0.717, 1.165) is 17.9 Å². The summed E-state index contributed by atoms with van der Waals surface area (Å²) in [7, 11) is 1.60. The van der Waals surface area contributed by atoms with Gasteiger partial charge in [0.1, 0.15) is 11.4 Å². The minimum atomic E-state index is -0.250. The molecule has 0 saturated heterocycles. The Bertz CT molecular complexity index is 763. The van der Waals surface area contributed by atoms with Gasteiger partial charge >= 0.3 is 0 Å². The summed E-state index contributed by atoms with van der Waals surface area (Å²) in [6.07, 6.45) is 10.2. The molecule has 1 aliphatic carbocycles. The average molecular weight is 330 g/mol. The van der Waals surface area contributed by atoms with Gasteiger partial charge in [0, 0.05) is 6.07 Å². The number of fused-ring (bicyclic) bond motifs is 1. The molecule has 0 bridgehead atoms. The zero-order valence-corrected chi connectivity index (χ0v) is 13.7. The van der Waals surface area contributed by atoms with Crippen molar-refractivity contribution in [3.8, 4) is 5.75 Å². The fraction of sp³-hybridized carbons (Fsp3) is 0.389. The number of aromatic nitrogens is 2. The molecule has 128 valence electrons. The van der Waals surface area contributed by atoms with Gasteiger partial charge in [0.25, 0.3) is 12.0 Å². The molecule has 0 radical (unpaired) electrons. The predicted molar refractivity (Wildman–Crippen MR) is 93.2 cm³/mol. The number of nitrogens with one attached hydrogen (secondary N) is 1. The first kappa shape index (κ1) is 17.7. The second-order valence-electron chi connectivity index (χ2n) is 5.72. The maximum Gasteiger partial charge on any atom is 0.290 e. The lowest BCUT2D eigenvalue weighted by Gasteiger charge is -2.02. The molecule has 2 N–H and O–H groups in total.